The molecule has 0 bridgehead atoms. The van der Waals surface area contributed by atoms with Crippen LogP contribution in [0.25, 0.3) is 0 Å². The van der Waals surface area contributed by atoms with Gasteiger partial charge in [-0.2, -0.15) is 5.10 Å². The van der Waals surface area contributed by atoms with Crippen molar-refractivity contribution in [2.45, 2.75) is 69.0 Å². The standard InChI is InChI=1S/C22H28N4O.2ClH/c1-25-14-17(13-23-25)24-22(27)16-6-2-5-15(11-16)20-12-21(20)26(18-7-3-8-18)19-9-4-10-19;;/h2,5-6,11,13-14,18-21H,3-4,7-10,12H2,1H3,(H,24,27);2*1H. The van der Waals surface area contributed by atoms with E-state index in [2.05, 4.69) is 27.4 Å². The van der Waals surface area contributed by atoms with Crippen molar-refractivity contribution in [1.82, 2.24) is 14.7 Å². The Bertz CT molecular complexity index is 833. The number of benzene rings is 1. The molecule has 0 radical (unpaired) electrons. The lowest BCUT2D eigenvalue weighted by Gasteiger charge is -2.47. The van der Waals surface area contributed by atoms with E-state index in [9.17, 15) is 4.79 Å². The number of carbonyl (C=O) groups is 1. The Balaban J connectivity index is 0.00000120. The van der Waals surface area contributed by atoms with Crippen molar-refractivity contribution in [2.75, 3.05) is 5.32 Å². The monoisotopic (exact) mass is 436 g/mol. The van der Waals surface area contributed by atoms with E-state index in [1.54, 1.807) is 10.9 Å². The van der Waals surface area contributed by atoms with Crippen molar-refractivity contribution in [3.05, 3.63) is 47.8 Å². The van der Waals surface area contributed by atoms with Crippen LogP contribution >= 0.6 is 24.8 Å². The zero-order valence-electron chi connectivity index (χ0n) is 16.8. The molecule has 0 aliphatic heterocycles. The van der Waals surface area contributed by atoms with Crippen LogP contribution in [0.3, 0.4) is 0 Å². The summed E-state index contributed by atoms with van der Waals surface area (Å²) in [4.78, 5) is 15.5. The van der Waals surface area contributed by atoms with Gasteiger partial charge in [0.2, 0.25) is 0 Å². The molecule has 1 aromatic carbocycles. The summed E-state index contributed by atoms with van der Waals surface area (Å²) in [6, 6.07) is 10.6. The van der Waals surface area contributed by atoms with Gasteiger partial charge >= 0.3 is 0 Å². The van der Waals surface area contributed by atoms with Crippen molar-refractivity contribution >= 4 is 36.4 Å². The van der Waals surface area contributed by atoms with Crippen LogP contribution in [0, 0.1) is 0 Å². The molecule has 3 fully saturated rings. The highest BCUT2D eigenvalue weighted by atomic mass is 35.5. The second-order valence-corrected chi connectivity index (χ2v) is 8.51. The number of carbonyl (C=O) groups excluding carboxylic acids is 1. The van der Waals surface area contributed by atoms with Crippen molar-refractivity contribution < 1.29 is 4.79 Å². The fourth-order valence-electron chi connectivity index (χ4n) is 4.68. The van der Waals surface area contributed by atoms with E-state index < -0.39 is 0 Å². The summed E-state index contributed by atoms with van der Waals surface area (Å²) in [5.41, 5.74) is 2.79. The Labute approximate surface area is 185 Å². The van der Waals surface area contributed by atoms with Gasteiger partial charge in [0, 0.05) is 42.9 Å². The molecule has 3 aliphatic rings. The molecule has 2 atom stereocenters. The Kier molecular flexibility index (Phi) is 6.92. The molecule has 0 spiro atoms. The molecule has 1 N–H and O–H groups in total. The minimum atomic E-state index is -0.0584. The van der Waals surface area contributed by atoms with Gasteiger partial charge in [-0.05, 0) is 49.8 Å². The van der Waals surface area contributed by atoms with Gasteiger partial charge in [0.25, 0.3) is 5.91 Å². The first kappa shape index (κ1) is 22.1. The van der Waals surface area contributed by atoms with E-state index in [4.69, 9.17) is 0 Å². The zero-order valence-corrected chi connectivity index (χ0v) is 18.4. The second kappa shape index (κ2) is 9.07. The molecule has 5 nitrogen and oxygen atoms in total. The van der Waals surface area contributed by atoms with E-state index in [1.807, 2.05) is 25.4 Å². The van der Waals surface area contributed by atoms with Crippen molar-refractivity contribution in [1.29, 1.82) is 0 Å². The van der Waals surface area contributed by atoms with Crippen molar-refractivity contribution in [3.63, 3.8) is 0 Å². The van der Waals surface area contributed by atoms with E-state index in [0.29, 0.717) is 12.0 Å². The van der Waals surface area contributed by atoms with E-state index in [1.165, 1.54) is 50.5 Å². The molecule has 1 aromatic heterocycles. The number of amides is 1. The molecule has 2 unspecified atom stereocenters. The second-order valence-electron chi connectivity index (χ2n) is 8.51. The smallest absolute Gasteiger partial charge is 0.255 e. The average Bonchev–Trinajstić information content (AvgIpc) is 3.27. The largest absolute Gasteiger partial charge is 0.319 e. The fourth-order valence-corrected chi connectivity index (χ4v) is 4.68. The number of hydrogen-bond acceptors (Lipinski definition) is 3. The summed E-state index contributed by atoms with van der Waals surface area (Å²) in [5.74, 6) is 0.536. The zero-order chi connectivity index (χ0) is 18.4. The summed E-state index contributed by atoms with van der Waals surface area (Å²) in [5, 5.41) is 7.04. The number of halogens is 2. The number of aryl methyl sites for hydroxylation is 1. The summed E-state index contributed by atoms with van der Waals surface area (Å²) < 4.78 is 1.69. The first-order chi connectivity index (χ1) is 13.2. The molecule has 1 heterocycles. The summed E-state index contributed by atoms with van der Waals surface area (Å²) in [7, 11) is 1.85. The van der Waals surface area contributed by atoms with E-state index in [0.717, 1.165) is 23.3 Å². The van der Waals surface area contributed by atoms with Crippen LogP contribution in [0.2, 0.25) is 0 Å². The number of hydrogen-bond donors (Lipinski definition) is 1. The lowest BCUT2D eigenvalue weighted by Crippen LogP contribution is -2.51. The average molecular weight is 437 g/mol. The van der Waals surface area contributed by atoms with Gasteiger partial charge in [0.15, 0.2) is 0 Å². The molecule has 3 aliphatic carbocycles. The van der Waals surface area contributed by atoms with Crippen molar-refractivity contribution in [2.24, 2.45) is 7.05 Å². The Morgan fingerprint density at radius 1 is 1.14 bits per heavy atom. The van der Waals surface area contributed by atoms with Gasteiger partial charge in [-0.25, -0.2) is 0 Å². The minimum absolute atomic E-state index is 0. The van der Waals surface area contributed by atoms with Crippen LogP contribution in [-0.4, -0.2) is 38.7 Å². The number of rotatable bonds is 6. The first-order valence-electron chi connectivity index (χ1n) is 10.4. The summed E-state index contributed by atoms with van der Waals surface area (Å²) >= 11 is 0. The maximum atomic E-state index is 12.6. The van der Waals surface area contributed by atoms with Gasteiger partial charge in [-0.1, -0.05) is 25.0 Å². The Morgan fingerprint density at radius 3 is 2.38 bits per heavy atom. The minimum Gasteiger partial charge on any atom is -0.319 e. The maximum Gasteiger partial charge on any atom is 0.255 e. The highest BCUT2D eigenvalue weighted by Gasteiger charge is 2.49. The van der Waals surface area contributed by atoms with Crippen molar-refractivity contribution in [3.8, 4) is 0 Å². The third kappa shape index (κ3) is 4.47. The van der Waals surface area contributed by atoms with Crippen LogP contribution in [0.15, 0.2) is 36.7 Å². The highest BCUT2D eigenvalue weighted by Crippen LogP contribution is 2.50. The molecular formula is C22H30Cl2N4O. The molecule has 2 aromatic rings. The van der Waals surface area contributed by atoms with Crippen LogP contribution in [0.4, 0.5) is 5.69 Å². The quantitative estimate of drug-likeness (QED) is 0.708. The first-order valence-corrected chi connectivity index (χ1v) is 10.4. The van der Waals surface area contributed by atoms with Gasteiger partial charge in [-0.3, -0.25) is 14.4 Å². The highest BCUT2D eigenvalue weighted by molar-refractivity contribution is 6.04. The normalized spacial score (nSPS) is 23.4. The molecule has 158 valence electrons. The van der Waals surface area contributed by atoms with E-state index >= 15 is 0 Å². The molecule has 29 heavy (non-hydrogen) atoms. The lowest BCUT2D eigenvalue weighted by molar-refractivity contribution is 0.0311. The molecule has 0 saturated heterocycles. The summed E-state index contributed by atoms with van der Waals surface area (Å²) in [6.45, 7) is 0. The van der Waals surface area contributed by atoms with Gasteiger partial charge in [0.1, 0.15) is 0 Å². The molecule has 5 rings (SSSR count). The topological polar surface area (TPSA) is 50.2 Å². The molecule has 7 heteroatoms. The predicted octanol–water partition coefficient (Wildman–Crippen LogP) is 4.78. The predicted molar refractivity (Wildman–Crippen MR) is 120 cm³/mol. The SMILES string of the molecule is Cl.Cl.Cn1cc(NC(=O)c2cccc(C3CC3N(C3CCC3)C3CCC3)c2)cn1. The van der Waals surface area contributed by atoms with Crippen LogP contribution in [0.1, 0.15) is 66.8 Å². The number of nitrogens with zero attached hydrogens (tertiary/aromatic N) is 3. The van der Waals surface area contributed by atoms with Gasteiger partial charge < -0.3 is 5.32 Å². The van der Waals surface area contributed by atoms with Crippen LogP contribution < -0.4 is 5.32 Å². The van der Waals surface area contributed by atoms with Crippen LogP contribution in [0.5, 0.6) is 0 Å². The summed E-state index contributed by atoms with van der Waals surface area (Å²) in [6.07, 6.45) is 13.1. The van der Waals surface area contributed by atoms with Crippen LogP contribution in [-0.2, 0) is 7.05 Å². The number of aromatic nitrogens is 2. The molecular weight excluding hydrogens is 407 g/mol. The number of nitrogens with one attached hydrogen (secondary N) is 1. The molecule has 1 amide bonds. The van der Waals surface area contributed by atoms with E-state index in [-0.39, 0.29) is 30.7 Å². The Hall–Kier alpha value is -1.56. The Morgan fingerprint density at radius 2 is 1.83 bits per heavy atom. The fraction of sp³-hybridized carbons (Fsp3) is 0.545. The lowest BCUT2D eigenvalue weighted by atomic mass is 9.84. The van der Waals surface area contributed by atoms with Gasteiger partial charge in [0.05, 0.1) is 11.9 Å². The maximum absolute atomic E-state index is 12.6. The number of anilines is 1. The van der Waals surface area contributed by atoms with Gasteiger partial charge in [-0.15, -0.1) is 24.8 Å². The third-order valence-electron chi connectivity index (χ3n) is 6.67. The molecule has 3 saturated carbocycles. The third-order valence-corrected chi connectivity index (χ3v) is 6.67.